The van der Waals surface area contributed by atoms with Crippen LogP contribution in [0, 0.1) is 5.41 Å². The highest BCUT2D eigenvalue weighted by Crippen LogP contribution is 2.38. The van der Waals surface area contributed by atoms with E-state index in [1.165, 1.54) is 12.3 Å². The summed E-state index contributed by atoms with van der Waals surface area (Å²) in [6.07, 6.45) is -2.96. The Morgan fingerprint density at radius 2 is 1.92 bits per heavy atom. The molecule has 1 saturated heterocycles. The summed E-state index contributed by atoms with van der Waals surface area (Å²) in [5.74, 6) is -0.429. The summed E-state index contributed by atoms with van der Waals surface area (Å²) < 4.78 is 46.7. The Balaban J connectivity index is 2.08. The molecule has 1 aromatic heterocycles. The first-order valence-electron chi connectivity index (χ1n) is 8.25. The zero-order chi connectivity index (χ0) is 19.1. The maximum absolute atomic E-state index is 13.2. The molecule has 1 fully saturated rings. The van der Waals surface area contributed by atoms with Crippen LogP contribution in [0.4, 0.5) is 13.2 Å². The van der Waals surface area contributed by atoms with E-state index in [1.807, 2.05) is 0 Å². The van der Waals surface area contributed by atoms with Gasteiger partial charge in [-0.3, -0.25) is 9.48 Å². The van der Waals surface area contributed by atoms with Crippen molar-refractivity contribution in [2.45, 2.75) is 33.0 Å². The number of halogens is 3. The van der Waals surface area contributed by atoms with Gasteiger partial charge in [-0.05, 0) is 45.0 Å². The predicted octanol–water partition coefficient (Wildman–Crippen LogP) is 3.66. The van der Waals surface area contributed by atoms with Gasteiger partial charge in [-0.25, -0.2) is 0 Å². The summed E-state index contributed by atoms with van der Waals surface area (Å²) in [7, 11) is 0. The van der Waals surface area contributed by atoms with Crippen LogP contribution in [0.5, 0.6) is 5.75 Å². The fraction of sp³-hybridized carbons (Fsp3) is 0.444. The smallest absolute Gasteiger partial charge is 0.416 e. The SMILES string of the molecule is CC(C)(C)C(=O)Oc1ccc(C(F)(F)F)cc1-c1ccnn1C1CNC1. The molecule has 0 unspecified atom stereocenters. The number of nitrogens with zero attached hydrogens (tertiary/aromatic N) is 2. The number of aromatic nitrogens is 2. The second kappa shape index (κ2) is 6.42. The van der Waals surface area contributed by atoms with E-state index in [1.54, 1.807) is 31.5 Å². The van der Waals surface area contributed by atoms with Crippen molar-refractivity contribution in [1.82, 2.24) is 15.1 Å². The maximum Gasteiger partial charge on any atom is 0.416 e. The number of carbonyl (C=O) groups is 1. The molecule has 3 rings (SSSR count). The standard InChI is InChI=1S/C18H20F3N3O2/c1-17(2,3)16(25)26-15-5-4-11(18(19,20)21)8-13(15)14-6-7-23-24(14)12-9-22-10-12/h4-8,12,22H,9-10H2,1-3H3. The largest absolute Gasteiger partial charge is 0.425 e. The van der Waals surface area contributed by atoms with E-state index in [9.17, 15) is 18.0 Å². The molecule has 0 radical (unpaired) electrons. The van der Waals surface area contributed by atoms with Crippen molar-refractivity contribution in [1.29, 1.82) is 0 Å². The number of rotatable bonds is 3. The molecule has 0 spiro atoms. The molecule has 8 heteroatoms. The van der Waals surface area contributed by atoms with Crippen LogP contribution in [-0.2, 0) is 11.0 Å². The number of esters is 1. The lowest BCUT2D eigenvalue weighted by Gasteiger charge is -2.29. The number of hydrogen-bond donors (Lipinski definition) is 1. The van der Waals surface area contributed by atoms with Gasteiger partial charge in [-0.1, -0.05) is 0 Å². The van der Waals surface area contributed by atoms with E-state index < -0.39 is 23.1 Å². The third-order valence-corrected chi connectivity index (χ3v) is 4.17. The van der Waals surface area contributed by atoms with Crippen LogP contribution in [0.15, 0.2) is 30.5 Å². The topological polar surface area (TPSA) is 56.1 Å². The minimum Gasteiger partial charge on any atom is -0.425 e. The fourth-order valence-electron chi connectivity index (χ4n) is 2.51. The van der Waals surface area contributed by atoms with Crippen molar-refractivity contribution < 1.29 is 22.7 Å². The Hall–Kier alpha value is -2.35. The Morgan fingerprint density at radius 1 is 1.23 bits per heavy atom. The van der Waals surface area contributed by atoms with Crippen LogP contribution in [0.25, 0.3) is 11.3 Å². The zero-order valence-corrected chi connectivity index (χ0v) is 14.7. The van der Waals surface area contributed by atoms with Gasteiger partial charge < -0.3 is 10.1 Å². The molecular formula is C18H20F3N3O2. The van der Waals surface area contributed by atoms with Crippen LogP contribution in [0.2, 0.25) is 0 Å². The van der Waals surface area contributed by atoms with Crippen molar-refractivity contribution in [3.8, 4) is 17.0 Å². The lowest BCUT2D eigenvalue weighted by Crippen LogP contribution is -2.44. The number of alkyl halides is 3. The number of hydrogen-bond acceptors (Lipinski definition) is 4. The summed E-state index contributed by atoms with van der Waals surface area (Å²) >= 11 is 0. The summed E-state index contributed by atoms with van der Waals surface area (Å²) in [6, 6.07) is 4.80. The molecule has 26 heavy (non-hydrogen) atoms. The lowest BCUT2D eigenvalue weighted by atomic mass is 9.97. The highest BCUT2D eigenvalue weighted by molar-refractivity contribution is 5.81. The van der Waals surface area contributed by atoms with E-state index in [0.717, 1.165) is 12.1 Å². The van der Waals surface area contributed by atoms with Gasteiger partial charge in [0.2, 0.25) is 0 Å². The normalized spacial score (nSPS) is 15.6. The van der Waals surface area contributed by atoms with E-state index in [0.29, 0.717) is 18.8 Å². The number of nitrogens with one attached hydrogen (secondary N) is 1. The van der Waals surface area contributed by atoms with Crippen molar-refractivity contribution >= 4 is 5.97 Å². The second-order valence-corrected chi connectivity index (χ2v) is 7.32. The van der Waals surface area contributed by atoms with E-state index in [2.05, 4.69) is 10.4 Å². The average Bonchev–Trinajstić information content (AvgIpc) is 2.92. The minimum absolute atomic E-state index is 0.0562. The first-order valence-corrected chi connectivity index (χ1v) is 8.25. The second-order valence-electron chi connectivity index (χ2n) is 7.32. The molecule has 0 bridgehead atoms. The van der Waals surface area contributed by atoms with Gasteiger partial charge in [0, 0.05) is 24.8 Å². The monoisotopic (exact) mass is 367 g/mol. The van der Waals surface area contributed by atoms with Gasteiger partial charge in [-0.15, -0.1) is 0 Å². The Labute approximate surface area is 149 Å². The first kappa shape index (κ1) is 18.4. The third-order valence-electron chi connectivity index (χ3n) is 4.17. The molecule has 1 aromatic carbocycles. The van der Waals surface area contributed by atoms with Gasteiger partial charge in [0.05, 0.1) is 22.7 Å². The molecule has 2 heterocycles. The van der Waals surface area contributed by atoms with Gasteiger partial charge in [-0.2, -0.15) is 18.3 Å². The molecule has 0 amide bonds. The van der Waals surface area contributed by atoms with E-state index in [4.69, 9.17) is 4.74 Å². The van der Waals surface area contributed by atoms with Crippen LogP contribution < -0.4 is 10.1 Å². The minimum atomic E-state index is -4.50. The molecule has 0 atom stereocenters. The Bertz CT molecular complexity index is 818. The van der Waals surface area contributed by atoms with Gasteiger partial charge in [0.25, 0.3) is 0 Å². The maximum atomic E-state index is 13.2. The van der Waals surface area contributed by atoms with Crippen LogP contribution in [-0.4, -0.2) is 28.8 Å². The highest BCUT2D eigenvalue weighted by Gasteiger charge is 2.33. The molecule has 1 N–H and O–H groups in total. The van der Waals surface area contributed by atoms with Crippen LogP contribution in [0.1, 0.15) is 32.4 Å². The van der Waals surface area contributed by atoms with Gasteiger partial charge in [0.1, 0.15) is 5.75 Å². The Morgan fingerprint density at radius 3 is 2.46 bits per heavy atom. The van der Waals surface area contributed by atoms with Crippen molar-refractivity contribution in [2.75, 3.05) is 13.1 Å². The summed E-state index contributed by atoms with van der Waals surface area (Å²) in [6.45, 7) is 6.42. The number of benzene rings is 1. The molecule has 1 aliphatic heterocycles. The first-order chi connectivity index (χ1) is 12.1. The molecule has 5 nitrogen and oxygen atoms in total. The van der Waals surface area contributed by atoms with Gasteiger partial charge >= 0.3 is 12.1 Å². The molecule has 1 aliphatic rings. The summed E-state index contributed by atoms with van der Waals surface area (Å²) in [5, 5.41) is 7.33. The summed E-state index contributed by atoms with van der Waals surface area (Å²) in [4.78, 5) is 12.2. The zero-order valence-electron chi connectivity index (χ0n) is 14.7. The third kappa shape index (κ3) is 3.60. The fourth-order valence-corrected chi connectivity index (χ4v) is 2.51. The average molecular weight is 367 g/mol. The predicted molar refractivity (Wildman–Crippen MR) is 89.7 cm³/mol. The lowest BCUT2D eigenvalue weighted by molar-refractivity contribution is -0.142. The molecule has 0 saturated carbocycles. The molecule has 140 valence electrons. The van der Waals surface area contributed by atoms with E-state index >= 15 is 0 Å². The molecular weight excluding hydrogens is 347 g/mol. The van der Waals surface area contributed by atoms with Crippen molar-refractivity contribution in [3.05, 3.63) is 36.0 Å². The molecule has 2 aromatic rings. The number of carbonyl (C=O) groups excluding carboxylic acids is 1. The van der Waals surface area contributed by atoms with Crippen molar-refractivity contribution in [3.63, 3.8) is 0 Å². The molecule has 0 aliphatic carbocycles. The van der Waals surface area contributed by atoms with Crippen molar-refractivity contribution in [2.24, 2.45) is 5.41 Å². The quantitative estimate of drug-likeness (QED) is 0.664. The highest BCUT2D eigenvalue weighted by atomic mass is 19.4. The Kier molecular flexibility index (Phi) is 4.56. The van der Waals surface area contributed by atoms with Gasteiger partial charge in [0.15, 0.2) is 0 Å². The van der Waals surface area contributed by atoms with Crippen LogP contribution >= 0.6 is 0 Å². The van der Waals surface area contributed by atoms with Crippen LogP contribution in [0.3, 0.4) is 0 Å². The summed E-state index contributed by atoms with van der Waals surface area (Å²) in [5.41, 5.74) is -0.901. The van der Waals surface area contributed by atoms with E-state index in [-0.39, 0.29) is 17.4 Å². The number of ether oxygens (including phenoxy) is 1.